The Kier molecular flexibility index (Phi) is 5.27. The van der Waals surface area contributed by atoms with Crippen LogP contribution in [0.3, 0.4) is 0 Å². The van der Waals surface area contributed by atoms with Crippen LogP contribution in [0.4, 0.5) is 0 Å². The van der Waals surface area contributed by atoms with E-state index in [9.17, 15) is 4.79 Å². The molecule has 0 aromatic carbocycles. The van der Waals surface area contributed by atoms with E-state index in [0.29, 0.717) is 23.4 Å². The molecule has 0 bridgehead atoms. The summed E-state index contributed by atoms with van der Waals surface area (Å²) in [5, 5.41) is 19.7. The Bertz CT molecular complexity index is 342. The highest BCUT2D eigenvalue weighted by atomic mass is 32.2. The second-order valence-corrected chi connectivity index (χ2v) is 4.21. The van der Waals surface area contributed by atoms with Crippen LogP contribution in [0, 0.1) is 6.92 Å². The van der Waals surface area contributed by atoms with Gasteiger partial charge in [-0.25, -0.2) is 0 Å². The van der Waals surface area contributed by atoms with Crippen LogP contribution in [0.1, 0.15) is 19.2 Å². The number of hydrogen-bond acceptors (Lipinski definition) is 6. The number of aliphatic carboxylic acids is 1. The van der Waals surface area contributed by atoms with Crippen molar-refractivity contribution in [3.05, 3.63) is 5.89 Å². The van der Waals surface area contributed by atoms with Gasteiger partial charge in [0.15, 0.2) is 0 Å². The van der Waals surface area contributed by atoms with Crippen molar-refractivity contribution in [2.24, 2.45) is 0 Å². The Morgan fingerprint density at radius 2 is 2.38 bits per heavy atom. The van der Waals surface area contributed by atoms with Crippen molar-refractivity contribution >= 4 is 17.7 Å². The second-order valence-electron chi connectivity index (χ2n) is 3.24. The minimum absolute atomic E-state index is 0.372. The maximum atomic E-state index is 10.9. The zero-order valence-corrected chi connectivity index (χ0v) is 10.1. The zero-order valence-electron chi connectivity index (χ0n) is 9.27. The molecule has 0 aliphatic carbocycles. The number of carbonyl (C=O) groups is 1. The molecule has 2 N–H and O–H groups in total. The number of carboxylic acid groups (broad SMARTS) is 1. The number of nitrogens with zero attached hydrogens (tertiary/aromatic N) is 2. The normalized spacial score (nSPS) is 12.6. The van der Waals surface area contributed by atoms with Crippen molar-refractivity contribution in [1.29, 1.82) is 0 Å². The molecule has 7 heteroatoms. The first-order valence-corrected chi connectivity index (χ1v) is 6.01. The van der Waals surface area contributed by atoms with Crippen LogP contribution >= 0.6 is 11.8 Å². The van der Waals surface area contributed by atoms with Gasteiger partial charge in [0.25, 0.3) is 5.22 Å². The summed E-state index contributed by atoms with van der Waals surface area (Å²) in [6.07, 6.45) is 0.897. The van der Waals surface area contributed by atoms with E-state index in [1.54, 1.807) is 6.92 Å². The topological polar surface area (TPSA) is 88.3 Å². The van der Waals surface area contributed by atoms with Gasteiger partial charge in [0.05, 0.1) is 0 Å². The van der Waals surface area contributed by atoms with E-state index >= 15 is 0 Å². The molecule has 0 saturated heterocycles. The first-order chi connectivity index (χ1) is 7.63. The molecule has 0 aliphatic heterocycles. The highest BCUT2D eigenvalue weighted by Gasteiger charge is 2.17. The largest absolute Gasteiger partial charge is 0.480 e. The molecule has 16 heavy (non-hydrogen) atoms. The molecule has 6 nitrogen and oxygen atoms in total. The molecule has 90 valence electrons. The fourth-order valence-electron chi connectivity index (χ4n) is 1.03. The molecule has 1 heterocycles. The van der Waals surface area contributed by atoms with E-state index in [1.807, 2.05) is 6.92 Å². The van der Waals surface area contributed by atoms with Gasteiger partial charge in [-0.05, 0) is 13.0 Å². The van der Waals surface area contributed by atoms with Gasteiger partial charge in [-0.1, -0.05) is 18.7 Å². The van der Waals surface area contributed by atoms with Crippen LogP contribution in [0.25, 0.3) is 0 Å². The summed E-state index contributed by atoms with van der Waals surface area (Å²) >= 11 is 1.24. The number of hydrogen-bond donors (Lipinski definition) is 2. The highest BCUT2D eigenvalue weighted by Crippen LogP contribution is 2.16. The Balaban J connectivity index is 2.40. The average Bonchev–Trinajstić information content (AvgIpc) is 2.64. The zero-order chi connectivity index (χ0) is 12.0. The second kappa shape index (κ2) is 6.49. The maximum Gasteiger partial charge on any atom is 0.321 e. The minimum Gasteiger partial charge on any atom is -0.480 e. The summed E-state index contributed by atoms with van der Waals surface area (Å²) in [5.41, 5.74) is 0. The number of nitrogens with one attached hydrogen (secondary N) is 1. The highest BCUT2D eigenvalue weighted by molar-refractivity contribution is 7.99. The van der Waals surface area contributed by atoms with E-state index in [-0.39, 0.29) is 0 Å². The molecule has 1 aromatic heterocycles. The van der Waals surface area contributed by atoms with Crippen molar-refractivity contribution in [2.75, 3.05) is 12.3 Å². The van der Waals surface area contributed by atoms with Gasteiger partial charge in [-0.2, -0.15) is 0 Å². The van der Waals surface area contributed by atoms with E-state index < -0.39 is 12.0 Å². The number of carboxylic acids is 1. The SMILES string of the molecule is CCCNC(CSc1nnc(C)o1)C(=O)O. The fourth-order valence-corrected chi connectivity index (χ4v) is 1.88. The molecule has 0 saturated carbocycles. The number of rotatable bonds is 7. The molecule has 0 radical (unpaired) electrons. The first kappa shape index (κ1) is 13.0. The van der Waals surface area contributed by atoms with Gasteiger partial charge in [0.1, 0.15) is 6.04 Å². The molecule has 1 unspecified atom stereocenters. The Morgan fingerprint density at radius 3 is 2.88 bits per heavy atom. The van der Waals surface area contributed by atoms with Gasteiger partial charge >= 0.3 is 5.97 Å². The van der Waals surface area contributed by atoms with Gasteiger partial charge in [-0.15, -0.1) is 10.2 Å². The van der Waals surface area contributed by atoms with Crippen molar-refractivity contribution in [2.45, 2.75) is 31.5 Å². The monoisotopic (exact) mass is 245 g/mol. The van der Waals surface area contributed by atoms with Crippen LogP contribution in [0.15, 0.2) is 9.64 Å². The Labute approximate surface area is 97.8 Å². The summed E-state index contributed by atoms with van der Waals surface area (Å²) in [6.45, 7) is 4.36. The van der Waals surface area contributed by atoms with E-state index in [0.717, 1.165) is 6.42 Å². The number of thioether (sulfide) groups is 1. The minimum atomic E-state index is -0.864. The molecule has 1 rings (SSSR count). The van der Waals surface area contributed by atoms with Gasteiger partial charge < -0.3 is 14.8 Å². The molecule has 1 aromatic rings. The van der Waals surface area contributed by atoms with Crippen molar-refractivity contribution in [1.82, 2.24) is 15.5 Å². The summed E-state index contributed by atoms with van der Waals surface area (Å²) < 4.78 is 5.14. The maximum absolute atomic E-state index is 10.9. The summed E-state index contributed by atoms with van der Waals surface area (Å²) in [6, 6.07) is -0.586. The third-order valence-corrected chi connectivity index (χ3v) is 2.73. The first-order valence-electron chi connectivity index (χ1n) is 5.02. The third kappa shape index (κ3) is 4.19. The average molecular weight is 245 g/mol. The van der Waals surface area contributed by atoms with E-state index in [1.165, 1.54) is 11.8 Å². The third-order valence-electron chi connectivity index (χ3n) is 1.82. The lowest BCUT2D eigenvalue weighted by Crippen LogP contribution is -2.39. The predicted octanol–water partition coefficient (Wildman–Crippen LogP) is 0.923. The molecule has 0 spiro atoms. The summed E-state index contributed by atoms with van der Waals surface area (Å²) in [7, 11) is 0. The molecule has 0 amide bonds. The van der Waals surface area contributed by atoms with Crippen LogP contribution in [0.2, 0.25) is 0 Å². The fraction of sp³-hybridized carbons (Fsp3) is 0.667. The molecule has 1 atom stereocenters. The lowest BCUT2D eigenvalue weighted by atomic mass is 10.3. The predicted molar refractivity (Wildman–Crippen MR) is 59.5 cm³/mol. The lowest BCUT2D eigenvalue weighted by molar-refractivity contribution is -0.138. The summed E-state index contributed by atoms with van der Waals surface area (Å²) in [4.78, 5) is 10.9. The Morgan fingerprint density at radius 1 is 1.62 bits per heavy atom. The summed E-state index contributed by atoms with van der Waals surface area (Å²) in [5.74, 6) is -0.00942. The van der Waals surface area contributed by atoms with Gasteiger partial charge in [0, 0.05) is 12.7 Å². The molecule has 0 fully saturated rings. The van der Waals surface area contributed by atoms with Crippen LogP contribution in [-0.4, -0.2) is 39.6 Å². The standard InChI is InChI=1S/C9H15N3O3S/c1-3-4-10-7(8(13)14)5-16-9-12-11-6(2)15-9/h7,10H,3-5H2,1-2H3,(H,13,14). The smallest absolute Gasteiger partial charge is 0.321 e. The van der Waals surface area contributed by atoms with Crippen molar-refractivity contribution in [3.63, 3.8) is 0 Å². The van der Waals surface area contributed by atoms with Crippen LogP contribution < -0.4 is 5.32 Å². The van der Waals surface area contributed by atoms with Crippen molar-refractivity contribution < 1.29 is 14.3 Å². The van der Waals surface area contributed by atoms with Crippen LogP contribution in [0.5, 0.6) is 0 Å². The van der Waals surface area contributed by atoms with E-state index in [2.05, 4.69) is 15.5 Å². The number of aryl methyl sites for hydroxylation is 1. The van der Waals surface area contributed by atoms with Crippen molar-refractivity contribution in [3.8, 4) is 0 Å². The lowest BCUT2D eigenvalue weighted by Gasteiger charge is -2.11. The van der Waals surface area contributed by atoms with Gasteiger partial charge in [0.2, 0.25) is 5.89 Å². The molecular formula is C9H15N3O3S. The van der Waals surface area contributed by atoms with E-state index in [4.69, 9.17) is 9.52 Å². The van der Waals surface area contributed by atoms with Gasteiger partial charge in [-0.3, -0.25) is 4.79 Å². The number of aromatic nitrogens is 2. The van der Waals surface area contributed by atoms with Crippen LogP contribution in [-0.2, 0) is 4.79 Å². The molecular weight excluding hydrogens is 230 g/mol. The molecule has 0 aliphatic rings. The Hall–Kier alpha value is -1.08. The quantitative estimate of drug-likeness (QED) is 0.690.